The number of hydrogen-bond donors (Lipinski definition) is 3. The van der Waals surface area contributed by atoms with E-state index in [9.17, 15) is 19.2 Å². The zero-order valence-electron chi connectivity index (χ0n) is 25.7. The molecule has 0 unspecified atom stereocenters. The first-order valence-electron chi connectivity index (χ1n) is 15.2. The van der Waals surface area contributed by atoms with Gasteiger partial charge < -0.3 is 30.3 Å². The number of Topliss-reactive ketones (excluding diaryl/α,β-unsaturated/α-hetero) is 1. The first-order chi connectivity index (χ1) is 18.8. The molecule has 2 rings (SSSR count). The van der Waals surface area contributed by atoms with Gasteiger partial charge in [-0.05, 0) is 44.4 Å². The highest BCUT2D eigenvalue weighted by Gasteiger charge is 2.35. The number of unbranched alkanes of at least 4 members (excludes halogenated alkanes) is 1. The number of carbonyl (C=O) groups excluding carboxylic acids is 4. The van der Waals surface area contributed by atoms with Crippen LogP contribution < -0.4 is 16.0 Å². The van der Waals surface area contributed by atoms with Crippen LogP contribution in [0.2, 0.25) is 0 Å². The van der Waals surface area contributed by atoms with Crippen LogP contribution in [0.1, 0.15) is 99.3 Å². The van der Waals surface area contributed by atoms with E-state index < -0.39 is 35.2 Å². The molecule has 0 aromatic rings. The molecule has 4 amide bonds. The Kier molecular flexibility index (Phi) is 13.9. The summed E-state index contributed by atoms with van der Waals surface area (Å²) in [6.07, 6.45) is 8.28. The molecule has 2 atom stereocenters. The molecular formula is C30H54N4O6. The second kappa shape index (κ2) is 16.3. The van der Waals surface area contributed by atoms with Crippen LogP contribution in [0.3, 0.4) is 0 Å². The van der Waals surface area contributed by atoms with Crippen molar-refractivity contribution in [3.63, 3.8) is 0 Å². The number of amides is 4. The zero-order chi connectivity index (χ0) is 29.8. The lowest BCUT2D eigenvalue weighted by Crippen LogP contribution is -2.59. The van der Waals surface area contributed by atoms with Crippen molar-refractivity contribution in [1.29, 1.82) is 0 Å². The van der Waals surface area contributed by atoms with Gasteiger partial charge in [-0.3, -0.25) is 14.4 Å². The number of ether oxygens (including phenoxy) is 2. The van der Waals surface area contributed by atoms with E-state index in [-0.39, 0.29) is 18.1 Å². The van der Waals surface area contributed by atoms with E-state index in [1.54, 1.807) is 4.90 Å². The summed E-state index contributed by atoms with van der Waals surface area (Å²) in [5.41, 5.74) is -0.667. The number of urea groups is 1. The van der Waals surface area contributed by atoms with E-state index in [1.165, 1.54) is 6.42 Å². The molecule has 0 aromatic carbocycles. The minimum absolute atomic E-state index is 0.0538. The summed E-state index contributed by atoms with van der Waals surface area (Å²) in [6.45, 7) is 14.2. The van der Waals surface area contributed by atoms with Crippen LogP contribution in [-0.4, -0.2) is 85.7 Å². The SMILES string of the molecule is CCCCOC[C@H](NC(=O)[C@H](CC1CCCCC1)NC(=O)N1CCOCC1)C(=O)C(=O)NC(C)(C)CC(C)(C)C. The number of ketones is 1. The molecule has 1 aliphatic heterocycles. The largest absolute Gasteiger partial charge is 0.379 e. The third-order valence-electron chi connectivity index (χ3n) is 7.41. The highest BCUT2D eigenvalue weighted by Crippen LogP contribution is 2.28. The van der Waals surface area contributed by atoms with E-state index >= 15 is 0 Å². The second-order valence-electron chi connectivity index (χ2n) is 13.3. The normalized spacial score (nSPS) is 18.5. The van der Waals surface area contributed by atoms with Gasteiger partial charge in [0.15, 0.2) is 0 Å². The zero-order valence-corrected chi connectivity index (χ0v) is 25.7. The molecule has 0 bridgehead atoms. The minimum Gasteiger partial charge on any atom is -0.379 e. The molecule has 2 aliphatic rings. The van der Waals surface area contributed by atoms with Gasteiger partial charge in [-0.2, -0.15) is 0 Å². The molecule has 40 heavy (non-hydrogen) atoms. The fraction of sp³-hybridized carbons (Fsp3) is 0.867. The average molecular weight is 567 g/mol. The van der Waals surface area contributed by atoms with Crippen molar-refractivity contribution in [2.75, 3.05) is 39.5 Å². The number of morpholine rings is 1. The Morgan fingerprint density at radius 3 is 2.20 bits per heavy atom. The first-order valence-corrected chi connectivity index (χ1v) is 15.2. The molecule has 1 heterocycles. The maximum atomic E-state index is 13.6. The van der Waals surface area contributed by atoms with E-state index in [0.29, 0.717) is 51.7 Å². The van der Waals surface area contributed by atoms with Gasteiger partial charge in [-0.15, -0.1) is 0 Å². The number of rotatable bonds is 14. The van der Waals surface area contributed by atoms with Crippen molar-refractivity contribution in [3.8, 4) is 0 Å². The second-order valence-corrected chi connectivity index (χ2v) is 13.3. The van der Waals surface area contributed by atoms with E-state index in [2.05, 4.69) is 36.7 Å². The quantitative estimate of drug-likeness (QED) is 0.218. The van der Waals surface area contributed by atoms with Crippen molar-refractivity contribution in [2.45, 2.75) is 117 Å². The lowest BCUT2D eigenvalue weighted by atomic mass is 9.81. The third kappa shape index (κ3) is 12.5. The predicted octanol–water partition coefficient (Wildman–Crippen LogP) is 3.57. The molecular weight excluding hydrogens is 512 g/mol. The molecule has 1 aliphatic carbocycles. The van der Waals surface area contributed by atoms with Gasteiger partial charge in [0.25, 0.3) is 5.91 Å². The summed E-state index contributed by atoms with van der Waals surface area (Å²) >= 11 is 0. The molecule has 1 saturated carbocycles. The van der Waals surface area contributed by atoms with E-state index in [1.807, 2.05) is 20.8 Å². The molecule has 3 N–H and O–H groups in total. The minimum atomic E-state index is -1.15. The molecule has 1 saturated heterocycles. The van der Waals surface area contributed by atoms with Crippen LogP contribution in [0.15, 0.2) is 0 Å². The van der Waals surface area contributed by atoms with Crippen molar-refractivity contribution in [1.82, 2.24) is 20.9 Å². The lowest BCUT2D eigenvalue weighted by Gasteiger charge is -2.33. The van der Waals surface area contributed by atoms with Gasteiger partial charge >= 0.3 is 6.03 Å². The standard InChI is InChI=1S/C30H54N4O6/c1-7-8-16-40-20-24(25(35)27(37)33-30(5,6)21-29(2,3)4)31-26(36)23(19-22-12-10-9-11-13-22)32-28(38)34-14-17-39-18-15-34/h22-24H,7-21H2,1-6H3,(H,31,36)(H,32,38)(H,33,37)/t23-,24-/m0/s1. The number of hydrogen-bond acceptors (Lipinski definition) is 6. The van der Waals surface area contributed by atoms with Crippen LogP contribution in [-0.2, 0) is 23.9 Å². The smallest absolute Gasteiger partial charge is 0.318 e. The van der Waals surface area contributed by atoms with Crippen LogP contribution in [0.4, 0.5) is 4.79 Å². The first kappa shape index (κ1) is 34.0. The summed E-state index contributed by atoms with van der Waals surface area (Å²) in [5, 5.41) is 8.54. The molecule has 2 fully saturated rings. The Morgan fingerprint density at radius 2 is 1.60 bits per heavy atom. The molecule has 0 spiro atoms. The van der Waals surface area contributed by atoms with Crippen molar-refractivity contribution >= 4 is 23.6 Å². The van der Waals surface area contributed by atoms with Crippen LogP contribution in [0.5, 0.6) is 0 Å². The van der Waals surface area contributed by atoms with E-state index in [4.69, 9.17) is 9.47 Å². The lowest BCUT2D eigenvalue weighted by molar-refractivity contribution is -0.142. The Bertz CT molecular complexity index is 829. The van der Waals surface area contributed by atoms with Crippen molar-refractivity contribution in [2.24, 2.45) is 11.3 Å². The number of carbonyl (C=O) groups is 4. The van der Waals surface area contributed by atoms with Gasteiger partial charge in [0, 0.05) is 25.2 Å². The van der Waals surface area contributed by atoms with Crippen molar-refractivity contribution < 1.29 is 28.7 Å². The van der Waals surface area contributed by atoms with Crippen LogP contribution in [0, 0.1) is 11.3 Å². The molecule has 0 aromatic heterocycles. The maximum Gasteiger partial charge on any atom is 0.318 e. The number of nitrogens with zero attached hydrogens (tertiary/aromatic N) is 1. The molecule has 230 valence electrons. The summed E-state index contributed by atoms with van der Waals surface area (Å²) < 4.78 is 11.1. The third-order valence-corrected chi connectivity index (χ3v) is 7.41. The van der Waals surface area contributed by atoms with Crippen LogP contribution >= 0.6 is 0 Å². The topological polar surface area (TPSA) is 126 Å². The average Bonchev–Trinajstić information content (AvgIpc) is 2.88. The van der Waals surface area contributed by atoms with Gasteiger partial charge in [0.2, 0.25) is 11.7 Å². The molecule has 10 nitrogen and oxygen atoms in total. The Balaban J connectivity index is 2.16. The Labute approximate surface area is 241 Å². The molecule has 10 heteroatoms. The fourth-order valence-corrected chi connectivity index (χ4v) is 5.79. The summed E-state index contributed by atoms with van der Waals surface area (Å²) in [5.74, 6) is -1.65. The van der Waals surface area contributed by atoms with Crippen LogP contribution in [0.25, 0.3) is 0 Å². The highest BCUT2D eigenvalue weighted by molar-refractivity contribution is 6.38. The van der Waals surface area contributed by atoms with Gasteiger partial charge in [-0.1, -0.05) is 66.2 Å². The van der Waals surface area contributed by atoms with Gasteiger partial charge in [0.1, 0.15) is 12.1 Å². The van der Waals surface area contributed by atoms with Gasteiger partial charge in [0.05, 0.1) is 19.8 Å². The summed E-state index contributed by atoms with van der Waals surface area (Å²) in [4.78, 5) is 54.7. The Hall–Kier alpha value is -2.20. The number of nitrogens with one attached hydrogen (secondary N) is 3. The highest BCUT2D eigenvalue weighted by atomic mass is 16.5. The molecule has 0 radical (unpaired) electrons. The van der Waals surface area contributed by atoms with Gasteiger partial charge in [-0.25, -0.2) is 4.79 Å². The van der Waals surface area contributed by atoms with Crippen molar-refractivity contribution in [3.05, 3.63) is 0 Å². The Morgan fingerprint density at radius 1 is 0.950 bits per heavy atom. The van der Waals surface area contributed by atoms with E-state index in [0.717, 1.165) is 38.5 Å². The monoisotopic (exact) mass is 566 g/mol. The fourth-order valence-electron chi connectivity index (χ4n) is 5.79. The summed E-state index contributed by atoms with van der Waals surface area (Å²) in [7, 11) is 0. The predicted molar refractivity (Wildman–Crippen MR) is 155 cm³/mol. The summed E-state index contributed by atoms with van der Waals surface area (Å²) in [6, 6.07) is -2.28. The maximum absolute atomic E-state index is 13.6.